The van der Waals surface area contributed by atoms with Gasteiger partial charge in [-0.15, -0.1) is 0 Å². The predicted molar refractivity (Wildman–Crippen MR) is 118 cm³/mol. The summed E-state index contributed by atoms with van der Waals surface area (Å²) in [4.78, 5) is 24.0. The van der Waals surface area contributed by atoms with Crippen LogP contribution in [0.2, 0.25) is 0 Å². The van der Waals surface area contributed by atoms with Gasteiger partial charge in [-0.3, -0.25) is 4.79 Å². The Hall–Kier alpha value is -3.15. The third kappa shape index (κ3) is 4.65. The van der Waals surface area contributed by atoms with E-state index in [4.69, 9.17) is 0 Å². The molecule has 0 unspecified atom stereocenters. The lowest BCUT2D eigenvalue weighted by atomic mass is 10.0. The van der Waals surface area contributed by atoms with E-state index in [9.17, 15) is 4.79 Å². The van der Waals surface area contributed by atoms with Crippen molar-refractivity contribution in [2.75, 3.05) is 36.4 Å². The number of fused-ring (bicyclic) bond motifs is 1. The van der Waals surface area contributed by atoms with Gasteiger partial charge in [-0.1, -0.05) is 36.4 Å². The molecule has 1 aliphatic rings. The first-order chi connectivity index (χ1) is 14.2. The number of aromatic nitrogens is 2. The number of anilines is 2. The molecule has 0 bridgehead atoms. The molecule has 6 nitrogen and oxygen atoms in total. The van der Waals surface area contributed by atoms with Crippen molar-refractivity contribution < 1.29 is 4.79 Å². The zero-order valence-corrected chi connectivity index (χ0v) is 16.8. The quantitative estimate of drug-likeness (QED) is 0.628. The Morgan fingerprint density at radius 1 is 1.00 bits per heavy atom. The first-order valence-electron chi connectivity index (χ1n) is 10.3. The van der Waals surface area contributed by atoms with E-state index in [1.807, 2.05) is 55.5 Å². The summed E-state index contributed by atoms with van der Waals surface area (Å²) < 4.78 is 0. The van der Waals surface area contributed by atoms with Gasteiger partial charge in [-0.25, -0.2) is 9.97 Å². The second-order valence-electron chi connectivity index (χ2n) is 7.42. The van der Waals surface area contributed by atoms with Crippen LogP contribution in [0.1, 0.15) is 35.4 Å². The fraction of sp³-hybridized carbons (Fsp3) is 0.348. The average molecular weight is 390 g/mol. The number of amides is 1. The van der Waals surface area contributed by atoms with E-state index < -0.39 is 0 Å². The molecule has 6 heteroatoms. The highest BCUT2D eigenvalue weighted by Gasteiger charge is 2.14. The number of nitrogens with zero attached hydrogens (tertiary/aromatic N) is 3. The highest BCUT2D eigenvalue weighted by atomic mass is 16.1. The maximum absolute atomic E-state index is 12.6. The van der Waals surface area contributed by atoms with Gasteiger partial charge >= 0.3 is 0 Å². The predicted octanol–water partition coefficient (Wildman–Crippen LogP) is 3.77. The molecule has 1 amide bonds. The molecule has 150 valence electrons. The monoisotopic (exact) mass is 389 g/mol. The van der Waals surface area contributed by atoms with Crippen molar-refractivity contribution in [3.8, 4) is 0 Å². The first kappa shape index (κ1) is 19.2. The van der Waals surface area contributed by atoms with Crippen LogP contribution in [0.5, 0.6) is 0 Å². The standard InChI is InChI=1S/C23H27N5O/c1-17-26-21(16-22(27-17)28-14-5-2-6-15-28)24-12-13-25-23(29)20-11-7-9-18-8-3-4-10-19(18)20/h3-4,7-11,16H,2,5-6,12-15H2,1H3,(H,25,29)(H,24,26,27). The maximum atomic E-state index is 12.6. The van der Waals surface area contributed by atoms with Gasteiger partial charge in [0.25, 0.3) is 5.91 Å². The van der Waals surface area contributed by atoms with Crippen LogP contribution >= 0.6 is 0 Å². The molecular formula is C23H27N5O. The summed E-state index contributed by atoms with van der Waals surface area (Å²) in [5.41, 5.74) is 0.702. The van der Waals surface area contributed by atoms with Gasteiger partial charge < -0.3 is 15.5 Å². The van der Waals surface area contributed by atoms with Crippen LogP contribution in [-0.2, 0) is 0 Å². The minimum absolute atomic E-state index is 0.0588. The number of carbonyl (C=O) groups is 1. The van der Waals surface area contributed by atoms with E-state index in [2.05, 4.69) is 25.5 Å². The van der Waals surface area contributed by atoms with Gasteiger partial charge in [0, 0.05) is 37.8 Å². The van der Waals surface area contributed by atoms with E-state index in [-0.39, 0.29) is 5.91 Å². The largest absolute Gasteiger partial charge is 0.368 e. The summed E-state index contributed by atoms with van der Waals surface area (Å²) in [6, 6.07) is 15.7. The smallest absolute Gasteiger partial charge is 0.251 e. The molecule has 1 aromatic heterocycles. The summed E-state index contributed by atoms with van der Waals surface area (Å²) in [7, 11) is 0. The third-order valence-corrected chi connectivity index (χ3v) is 5.26. The lowest BCUT2D eigenvalue weighted by Crippen LogP contribution is -2.31. The molecule has 2 aromatic carbocycles. The maximum Gasteiger partial charge on any atom is 0.251 e. The van der Waals surface area contributed by atoms with Crippen LogP contribution in [0.4, 0.5) is 11.6 Å². The summed E-state index contributed by atoms with van der Waals surface area (Å²) in [6.07, 6.45) is 3.72. The Kier molecular flexibility index (Phi) is 5.89. The number of hydrogen-bond donors (Lipinski definition) is 2. The Balaban J connectivity index is 1.34. The summed E-state index contributed by atoms with van der Waals surface area (Å²) in [6.45, 7) is 5.14. The van der Waals surface area contributed by atoms with Gasteiger partial charge in [0.1, 0.15) is 17.5 Å². The Bertz CT molecular complexity index is 992. The number of hydrogen-bond acceptors (Lipinski definition) is 5. The van der Waals surface area contributed by atoms with Crippen LogP contribution in [0.25, 0.3) is 10.8 Å². The van der Waals surface area contributed by atoms with E-state index in [0.29, 0.717) is 18.7 Å². The summed E-state index contributed by atoms with van der Waals surface area (Å²) >= 11 is 0. The van der Waals surface area contributed by atoms with Crippen LogP contribution < -0.4 is 15.5 Å². The van der Waals surface area contributed by atoms with Crippen molar-refractivity contribution in [3.63, 3.8) is 0 Å². The molecule has 0 aliphatic carbocycles. The Morgan fingerprint density at radius 2 is 1.79 bits per heavy atom. The molecule has 2 heterocycles. The van der Waals surface area contributed by atoms with Crippen LogP contribution in [0.15, 0.2) is 48.5 Å². The highest BCUT2D eigenvalue weighted by molar-refractivity contribution is 6.07. The number of benzene rings is 2. The summed E-state index contributed by atoms with van der Waals surface area (Å²) in [5, 5.41) is 8.36. The van der Waals surface area contributed by atoms with Crippen molar-refractivity contribution >= 4 is 28.3 Å². The molecule has 3 aromatic rings. The third-order valence-electron chi connectivity index (χ3n) is 5.26. The minimum atomic E-state index is -0.0588. The Labute approximate surface area is 171 Å². The molecule has 1 saturated heterocycles. The van der Waals surface area contributed by atoms with Crippen molar-refractivity contribution in [2.24, 2.45) is 0 Å². The van der Waals surface area contributed by atoms with Crippen LogP contribution in [0, 0.1) is 6.92 Å². The normalized spacial score (nSPS) is 14.0. The highest BCUT2D eigenvalue weighted by Crippen LogP contribution is 2.20. The number of piperidine rings is 1. The number of rotatable bonds is 6. The van der Waals surface area contributed by atoms with Crippen LogP contribution in [0.3, 0.4) is 0 Å². The fourth-order valence-electron chi connectivity index (χ4n) is 3.81. The van der Waals surface area contributed by atoms with Crippen molar-refractivity contribution in [2.45, 2.75) is 26.2 Å². The molecule has 0 atom stereocenters. The lowest BCUT2D eigenvalue weighted by Gasteiger charge is -2.28. The number of aryl methyl sites for hydroxylation is 1. The molecule has 1 aliphatic heterocycles. The topological polar surface area (TPSA) is 70.2 Å². The average Bonchev–Trinajstić information content (AvgIpc) is 2.76. The molecule has 0 saturated carbocycles. The second kappa shape index (κ2) is 8.90. The van der Waals surface area contributed by atoms with Crippen molar-refractivity contribution in [3.05, 3.63) is 59.9 Å². The number of carbonyl (C=O) groups excluding carboxylic acids is 1. The second-order valence-corrected chi connectivity index (χ2v) is 7.42. The Morgan fingerprint density at radius 3 is 2.66 bits per heavy atom. The molecular weight excluding hydrogens is 362 g/mol. The number of nitrogens with one attached hydrogen (secondary N) is 2. The van der Waals surface area contributed by atoms with E-state index in [0.717, 1.165) is 41.3 Å². The van der Waals surface area contributed by atoms with Gasteiger partial charge in [-0.2, -0.15) is 0 Å². The van der Waals surface area contributed by atoms with E-state index >= 15 is 0 Å². The van der Waals surface area contributed by atoms with Crippen molar-refractivity contribution in [1.82, 2.24) is 15.3 Å². The lowest BCUT2D eigenvalue weighted by molar-refractivity contribution is 0.0957. The minimum Gasteiger partial charge on any atom is -0.368 e. The van der Waals surface area contributed by atoms with Crippen molar-refractivity contribution in [1.29, 1.82) is 0 Å². The van der Waals surface area contributed by atoms with Gasteiger partial charge in [0.15, 0.2) is 0 Å². The van der Waals surface area contributed by atoms with Gasteiger partial charge in [0.05, 0.1) is 0 Å². The summed E-state index contributed by atoms with van der Waals surface area (Å²) in [5.74, 6) is 2.49. The fourth-order valence-corrected chi connectivity index (χ4v) is 3.81. The molecule has 29 heavy (non-hydrogen) atoms. The molecule has 4 rings (SSSR count). The molecule has 0 radical (unpaired) electrons. The zero-order chi connectivity index (χ0) is 20.1. The molecule has 2 N–H and O–H groups in total. The first-order valence-corrected chi connectivity index (χ1v) is 10.3. The van der Waals surface area contributed by atoms with Gasteiger partial charge in [0.2, 0.25) is 0 Å². The zero-order valence-electron chi connectivity index (χ0n) is 16.8. The molecule has 0 spiro atoms. The van der Waals surface area contributed by atoms with Gasteiger partial charge in [-0.05, 0) is 43.0 Å². The molecule has 1 fully saturated rings. The van der Waals surface area contributed by atoms with E-state index in [1.165, 1.54) is 19.3 Å². The SMILES string of the molecule is Cc1nc(NCCNC(=O)c2cccc3ccccc23)cc(N2CCCCC2)n1. The van der Waals surface area contributed by atoms with Crippen LogP contribution in [-0.4, -0.2) is 42.1 Å². The van der Waals surface area contributed by atoms with E-state index in [1.54, 1.807) is 0 Å².